The highest BCUT2D eigenvalue weighted by Gasteiger charge is 2.19. The molecular formula is C14H19ClN4O. The minimum Gasteiger partial charge on any atom is -0.495 e. The van der Waals surface area contributed by atoms with Gasteiger partial charge in [-0.3, -0.25) is 10.5 Å². The van der Waals surface area contributed by atoms with Crippen LogP contribution in [-0.2, 0) is 13.5 Å². The van der Waals surface area contributed by atoms with E-state index in [1.165, 1.54) is 0 Å². The second-order valence-corrected chi connectivity index (χ2v) is 4.96. The van der Waals surface area contributed by atoms with Crippen LogP contribution >= 0.6 is 11.6 Å². The Bertz CT molecular complexity index is 597. The van der Waals surface area contributed by atoms with Gasteiger partial charge in [0.05, 0.1) is 23.9 Å². The lowest BCUT2D eigenvalue weighted by Crippen LogP contribution is -2.29. The SMILES string of the molecule is CCc1nn(C)cc1C(NN)c1ccc(Cl)c(OC)c1. The molecule has 0 bridgehead atoms. The fourth-order valence-electron chi connectivity index (χ4n) is 2.29. The monoisotopic (exact) mass is 294 g/mol. The molecule has 6 heteroatoms. The maximum atomic E-state index is 6.06. The predicted molar refractivity (Wildman–Crippen MR) is 79.8 cm³/mol. The van der Waals surface area contributed by atoms with Crippen molar-refractivity contribution in [3.8, 4) is 5.75 Å². The number of ether oxygens (including phenoxy) is 1. The molecule has 0 saturated carbocycles. The van der Waals surface area contributed by atoms with Crippen molar-refractivity contribution in [3.63, 3.8) is 0 Å². The van der Waals surface area contributed by atoms with Crippen LogP contribution in [0.1, 0.15) is 29.8 Å². The highest BCUT2D eigenvalue weighted by Crippen LogP contribution is 2.31. The summed E-state index contributed by atoms with van der Waals surface area (Å²) in [4.78, 5) is 0. The van der Waals surface area contributed by atoms with E-state index in [1.807, 2.05) is 31.4 Å². The largest absolute Gasteiger partial charge is 0.495 e. The minimum absolute atomic E-state index is 0.148. The third-order valence-electron chi connectivity index (χ3n) is 3.26. The molecule has 0 fully saturated rings. The lowest BCUT2D eigenvalue weighted by molar-refractivity contribution is 0.414. The van der Waals surface area contributed by atoms with Crippen molar-refractivity contribution in [2.45, 2.75) is 19.4 Å². The Morgan fingerprint density at radius 3 is 2.85 bits per heavy atom. The van der Waals surface area contributed by atoms with Crippen LogP contribution in [0.25, 0.3) is 0 Å². The van der Waals surface area contributed by atoms with Crippen LogP contribution in [0.3, 0.4) is 0 Å². The molecule has 1 atom stereocenters. The molecule has 5 nitrogen and oxygen atoms in total. The number of hydrogen-bond acceptors (Lipinski definition) is 4. The van der Waals surface area contributed by atoms with Crippen LogP contribution in [-0.4, -0.2) is 16.9 Å². The van der Waals surface area contributed by atoms with Crippen molar-refractivity contribution >= 4 is 11.6 Å². The van der Waals surface area contributed by atoms with Crippen molar-refractivity contribution in [1.29, 1.82) is 0 Å². The molecule has 20 heavy (non-hydrogen) atoms. The third-order valence-corrected chi connectivity index (χ3v) is 3.57. The summed E-state index contributed by atoms with van der Waals surface area (Å²) in [5.74, 6) is 6.37. The summed E-state index contributed by atoms with van der Waals surface area (Å²) in [6.45, 7) is 2.07. The van der Waals surface area contributed by atoms with Crippen LogP contribution in [0.4, 0.5) is 0 Å². The number of nitrogens with one attached hydrogen (secondary N) is 1. The normalized spacial score (nSPS) is 12.4. The number of halogens is 1. The van der Waals surface area contributed by atoms with Crippen LogP contribution in [0.2, 0.25) is 5.02 Å². The second-order valence-electron chi connectivity index (χ2n) is 4.55. The Labute approximate surface area is 123 Å². The Kier molecular flexibility index (Phi) is 4.65. The maximum Gasteiger partial charge on any atom is 0.137 e. The number of hydrazine groups is 1. The van der Waals surface area contributed by atoms with Gasteiger partial charge in [-0.05, 0) is 24.1 Å². The zero-order valence-corrected chi connectivity index (χ0v) is 12.6. The van der Waals surface area contributed by atoms with E-state index in [4.69, 9.17) is 22.2 Å². The lowest BCUT2D eigenvalue weighted by atomic mass is 9.98. The second kappa shape index (κ2) is 6.26. The molecule has 0 spiro atoms. The highest BCUT2D eigenvalue weighted by atomic mass is 35.5. The first-order valence-electron chi connectivity index (χ1n) is 6.42. The average molecular weight is 295 g/mol. The van der Waals surface area contributed by atoms with Crippen molar-refractivity contribution < 1.29 is 4.74 Å². The van der Waals surface area contributed by atoms with E-state index in [2.05, 4.69) is 17.4 Å². The van der Waals surface area contributed by atoms with Gasteiger partial charge < -0.3 is 4.74 Å². The summed E-state index contributed by atoms with van der Waals surface area (Å²) >= 11 is 6.06. The molecule has 0 saturated heterocycles. The molecule has 0 amide bonds. The van der Waals surface area contributed by atoms with Crippen molar-refractivity contribution in [2.75, 3.05) is 7.11 Å². The van der Waals surface area contributed by atoms with Gasteiger partial charge in [-0.25, -0.2) is 5.43 Å². The van der Waals surface area contributed by atoms with E-state index in [1.54, 1.807) is 11.8 Å². The number of aryl methyl sites for hydroxylation is 2. The fourth-order valence-corrected chi connectivity index (χ4v) is 2.48. The first-order chi connectivity index (χ1) is 9.60. The standard InChI is InChI=1S/C14H19ClN4O/c1-4-12-10(8-19(2)18-12)14(17-16)9-5-6-11(15)13(7-9)20-3/h5-8,14,17H,4,16H2,1-3H3. The molecule has 0 radical (unpaired) electrons. The Hall–Kier alpha value is -1.56. The van der Waals surface area contributed by atoms with Crippen molar-refractivity contribution in [1.82, 2.24) is 15.2 Å². The van der Waals surface area contributed by atoms with E-state index >= 15 is 0 Å². The van der Waals surface area contributed by atoms with E-state index in [-0.39, 0.29) is 6.04 Å². The fraction of sp³-hybridized carbons (Fsp3) is 0.357. The Balaban J connectivity index is 2.46. The number of benzene rings is 1. The zero-order valence-electron chi connectivity index (χ0n) is 11.9. The highest BCUT2D eigenvalue weighted by molar-refractivity contribution is 6.32. The minimum atomic E-state index is -0.148. The third kappa shape index (κ3) is 2.80. The first-order valence-corrected chi connectivity index (χ1v) is 6.80. The van der Waals surface area contributed by atoms with Crippen LogP contribution < -0.4 is 16.0 Å². The van der Waals surface area contributed by atoms with Gasteiger partial charge in [-0.2, -0.15) is 5.10 Å². The topological polar surface area (TPSA) is 65.1 Å². The summed E-state index contributed by atoms with van der Waals surface area (Å²) in [6.07, 6.45) is 2.82. The van der Waals surface area contributed by atoms with Gasteiger partial charge in [-0.15, -0.1) is 0 Å². The number of rotatable bonds is 5. The number of hydrogen-bond donors (Lipinski definition) is 2. The van der Waals surface area contributed by atoms with E-state index in [0.717, 1.165) is 23.2 Å². The number of nitrogens with zero attached hydrogens (tertiary/aromatic N) is 2. The smallest absolute Gasteiger partial charge is 0.137 e. The zero-order chi connectivity index (χ0) is 14.7. The van der Waals surface area contributed by atoms with Crippen LogP contribution in [0.5, 0.6) is 5.75 Å². The predicted octanol–water partition coefficient (Wildman–Crippen LogP) is 2.20. The molecule has 3 N–H and O–H groups in total. The molecule has 2 rings (SSSR count). The van der Waals surface area contributed by atoms with Gasteiger partial charge in [0.15, 0.2) is 0 Å². The number of aromatic nitrogens is 2. The van der Waals surface area contributed by atoms with Gasteiger partial charge >= 0.3 is 0 Å². The molecule has 1 aromatic carbocycles. The molecule has 1 heterocycles. The molecule has 0 aliphatic rings. The van der Waals surface area contributed by atoms with Gasteiger partial charge in [-0.1, -0.05) is 24.6 Å². The molecule has 0 aliphatic carbocycles. The van der Waals surface area contributed by atoms with Crippen molar-refractivity contribution in [3.05, 3.63) is 46.2 Å². The number of nitrogens with two attached hydrogens (primary N) is 1. The van der Waals surface area contributed by atoms with Crippen molar-refractivity contribution in [2.24, 2.45) is 12.9 Å². The molecule has 2 aromatic rings. The van der Waals surface area contributed by atoms with Gasteiger partial charge in [0.1, 0.15) is 5.75 Å². The maximum absolute atomic E-state index is 6.06. The van der Waals surface area contributed by atoms with E-state index in [0.29, 0.717) is 10.8 Å². The summed E-state index contributed by atoms with van der Waals surface area (Å²) in [6, 6.07) is 5.48. The van der Waals surface area contributed by atoms with Gasteiger partial charge in [0.25, 0.3) is 0 Å². The van der Waals surface area contributed by atoms with E-state index < -0.39 is 0 Å². The molecule has 1 aromatic heterocycles. The summed E-state index contributed by atoms with van der Waals surface area (Å²) in [5.41, 5.74) is 5.90. The van der Waals surface area contributed by atoms with Crippen LogP contribution in [0, 0.1) is 0 Å². The van der Waals surface area contributed by atoms with Crippen LogP contribution in [0.15, 0.2) is 24.4 Å². The summed E-state index contributed by atoms with van der Waals surface area (Å²) in [7, 11) is 3.50. The van der Waals surface area contributed by atoms with Gasteiger partial charge in [0, 0.05) is 18.8 Å². The molecule has 1 unspecified atom stereocenters. The quantitative estimate of drug-likeness (QED) is 0.655. The average Bonchev–Trinajstić information content (AvgIpc) is 2.82. The van der Waals surface area contributed by atoms with E-state index in [9.17, 15) is 0 Å². The Morgan fingerprint density at radius 1 is 1.50 bits per heavy atom. The molecular weight excluding hydrogens is 276 g/mol. The summed E-state index contributed by atoms with van der Waals surface area (Å²) < 4.78 is 7.05. The Morgan fingerprint density at radius 2 is 2.25 bits per heavy atom. The first kappa shape index (κ1) is 14.8. The summed E-state index contributed by atoms with van der Waals surface area (Å²) in [5, 5.41) is 5.03. The molecule has 0 aliphatic heterocycles. The van der Waals surface area contributed by atoms with Gasteiger partial charge in [0.2, 0.25) is 0 Å². The lowest BCUT2D eigenvalue weighted by Gasteiger charge is -2.17. The number of methoxy groups -OCH3 is 1. The molecule has 108 valence electrons.